The number of nitrogens with two attached hydrogens (primary N) is 1. The van der Waals surface area contributed by atoms with Crippen molar-refractivity contribution in [1.82, 2.24) is 14.9 Å². The first-order valence-electron chi connectivity index (χ1n) is 10.0. The number of unbranched alkanes of at least 4 members (excludes halogenated alkanes) is 1. The molecule has 0 aliphatic carbocycles. The minimum absolute atomic E-state index is 0.0389. The number of halogens is 1. The van der Waals surface area contributed by atoms with Crippen molar-refractivity contribution in [2.24, 2.45) is 0 Å². The molecule has 0 saturated heterocycles. The zero-order chi connectivity index (χ0) is 21.3. The van der Waals surface area contributed by atoms with E-state index >= 15 is 0 Å². The molecule has 2 aliphatic rings. The molecule has 1 aromatic carbocycles. The highest BCUT2D eigenvalue weighted by Crippen LogP contribution is 2.49. The summed E-state index contributed by atoms with van der Waals surface area (Å²) in [4.78, 5) is 26.7. The molecule has 1 amide bonds. The molecule has 158 valence electrons. The van der Waals surface area contributed by atoms with Gasteiger partial charge in [0.1, 0.15) is 17.0 Å². The molecule has 1 aromatic heterocycles. The van der Waals surface area contributed by atoms with Crippen molar-refractivity contribution in [2.75, 3.05) is 36.1 Å². The highest BCUT2D eigenvalue weighted by Gasteiger charge is 2.40. The van der Waals surface area contributed by atoms with E-state index in [1.54, 1.807) is 23.4 Å². The van der Waals surface area contributed by atoms with Gasteiger partial charge in [-0.15, -0.1) is 0 Å². The summed E-state index contributed by atoms with van der Waals surface area (Å²) in [6, 6.07) is 4.39. The zero-order valence-corrected chi connectivity index (χ0v) is 17.9. The quantitative estimate of drug-likeness (QED) is 0.535. The number of thioether (sulfide) groups is 1. The van der Waals surface area contributed by atoms with E-state index < -0.39 is 5.82 Å². The van der Waals surface area contributed by atoms with Crippen LogP contribution in [0.3, 0.4) is 0 Å². The molecule has 1 atom stereocenters. The van der Waals surface area contributed by atoms with Gasteiger partial charge in [-0.2, -0.15) is 0 Å². The smallest absolute Gasteiger partial charge is 0.266 e. The number of carbonyl (C=O) groups is 1. The summed E-state index contributed by atoms with van der Waals surface area (Å²) in [5.74, 6) is 0.184. The number of aromatic nitrogens is 2. The summed E-state index contributed by atoms with van der Waals surface area (Å²) >= 11 is 1.48. The van der Waals surface area contributed by atoms with Crippen molar-refractivity contribution in [1.29, 1.82) is 0 Å². The largest absolute Gasteiger partial charge is 0.396 e. The molecule has 4 rings (SSSR count). The van der Waals surface area contributed by atoms with E-state index in [1.165, 1.54) is 23.9 Å². The van der Waals surface area contributed by atoms with Gasteiger partial charge in [-0.3, -0.25) is 9.78 Å². The molecule has 0 fully saturated rings. The molecule has 7 nitrogen and oxygen atoms in total. The molecule has 0 spiro atoms. The number of nitrogens with zero attached hydrogens (tertiary/aromatic N) is 4. The van der Waals surface area contributed by atoms with Crippen LogP contribution in [0.5, 0.6) is 0 Å². The van der Waals surface area contributed by atoms with Crippen molar-refractivity contribution < 1.29 is 9.18 Å². The SMILES string of the molecule is CCCCNc1cnc(C2SC3=C(CCN(c4ccc(F)c(N)c4)C3=O)N2C)cn1. The van der Waals surface area contributed by atoms with Gasteiger partial charge in [0.25, 0.3) is 5.91 Å². The monoisotopic (exact) mass is 428 g/mol. The van der Waals surface area contributed by atoms with Crippen LogP contribution < -0.4 is 16.0 Å². The van der Waals surface area contributed by atoms with Crippen molar-refractivity contribution in [3.05, 3.63) is 52.7 Å². The lowest BCUT2D eigenvalue weighted by molar-refractivity contribution is -0.114. The fourth-order valence-electron chi connectivity index (χ4n) is 3.62. The molecule has 2 aromatic rings. The number of anilines is 3. The van der Waals surface area contributed by atoms with Crippen LogP contribution in [0.2, 0.25) is 0 Å². The molecule has 0 radical (unpaired) electrons. The van der Waals surface area contributed by atoms with Gasteiger partial charge < -0.3 is 20.9 Å². The fraction of sp³-hybridized carbons (Fsp3) is 0.381. The van der Waals surface area contributed by atoms with Gasteiger partial charge in [0.15, 0.2) is 0 Å². The molecule has 0 bridgehead atoms. The predicted octanol–water partition coefficient (Wildman–Crippen LogP) is 3.74. The van der Waals surface area contributed by atoms with Crippen LogP contribution in [-0.4, -0.2) is 40.9 Å². The van der Waals surface area contributed by atoms with Crippen LogP contribution in [0.4, 0.5) is 21.6 Å². The van der Waals surface area contributed by atoms with E-state index in [0.29, 0.717) is 23.6 Å². The standard InChI is InChI=1S/C21H25FN6OS/c1-3-4-8-24-18-12-25-16(11-26-18)21-27(2)17-7-9-28(20(29)19(17)30-21)13-5-6-14(22)15(23)10-13/h5-6,10-12,21H,3-4,7-9,23H2,1-2H3,(H,24,26). The molecule has 1 unspecified atom stereocenters. The molecular weight excluding hydrogens is 403 g/mol. The Morgan fingerprint density at radius 3 is 2.87 bits per heavy atom. The van der Waals surface area contributed by atoms with Gasteiger partial charge in [0.05, 0.1) is 28.7 Å². The highest BCUT2D eigenvalue weighted by molar-refractivity contribution is 8.04. The lowest BCUT2D eigenvalue weighted by atomic mass is 10.1. The van der Waals surface area contributed by atoms with Gasteiger partial charge in [0, 0.05) is 37.9 Å². The van der Waals surface area contributed by atoms with Crippen LogP contribution in [0.15, 0.2) is 41.2 Å². The lowest BCUT2D eigenvalue weighted by Crippen LogP contribution is -2.37. The Morgan fingerprint density at radius 1 is 1.33 bits per heavy atom. The van der Waals surface area contributed by atoms with E-state index in [-0.39, 0.29) is 17.0 Å². The highest BCUT2D eigenvalue weighted by atomic mass is 32.2. The number of hydrogen-bond acceptors (Lipinski definition) is 7. The predicted molar refractivity (Wildman–Crippen MR) is 118 cm³/mol. The molecule has 3 heterocycles. The number of nitrogens with one attached hydrogen (secondary N) is 1. The van der Waals surface area contributed by atoms with Gasteiger partial charge in [-0.1, -0.05) is 25.1 Å². The number of hydrogen-bond donors (Lipinski definition) is 2. The van der Waals surface area contributed by atoms with Crippen LogP contribution in [0.25, 0.3) is 0 Å². The van der Waals surface area contributed by atoms with E-state index in [1.807, 2.05) is 7.05 Å². The maximum Gasteiger partial charge on any atom is 0.266 e. The van der Waals surface area contributed by atoms with Crippen LogP contribution in [0.1, 0.15) is 37.3 Å². The minimum atomic E-state index is -0.482. The van der Waals surface area contributed by atoms with Gasteiger partial charge in [-0.25, -0.2) is 9.37 Å². The van der Waals surface area contributed by atoms with Crippen molar-refractivity contribution in [3.8, 4) is 0 Å². The second-order valence-electron chi connectivity index (χ2n) is 7.38. The topological polar surface area (TPSA) is 87.4 Å². The van der Waals surface area contributed by atoms with E-state index in [4.69, 9.17) is 5.73 Å². The van der Waals surface area contributed by atoms with Crippen molar-refractivity contribution >= 4 is 34.9 Å². The Bertz CT molecular complexity index is 980. The Labute approximate surface area is 179 Å². The average molecular weight is 429 g/mol. The van der Waals surface area contributed by atoms with Crippen LogP contribution >= 0.6 is 11.8 Å². The lowest BCUT2D eigenvalue weighted by Gasteiger charge is -2.30. The Balaban J connectivity index is 1.49. The maximum absolute atomic E-state index is 13.5. The van der Waals surface area contributed by atoms with Crippen LogP contribution in [-0.2, 0) is 4.79 Å². The number of nitrogen functional groups attached to an aromatic ring is 1. The molecule has 0 saturated carbocycles. The number of benzene rings is 1. The first-order valence-corrected chi connectivity index (χ1v) is 10.9. The first-order chi connectivity index (χ1) is 14.5. The van der Waals surface area contributed by atoms with Crippen molar-refractivity contribution in [2.45, 2.75) is 31.6 Å². The summed E-state index contributed by atoms with van der Waals surface area (Å²) in [6.07, 6.45) is 6.42. The molecular formula is C21H25FN6OS. The van der Waals surface area contributed by atoms with E-state index in [2.05, 4.69) is 27.1 Å². The second kappa shape index (κ2) is 8.51. The third-order valence-electron chi connectivity index (χ3n) is 5.33. The number of amides is 1. The zero-order valence-electron chi connectivity index (χ0n) is 17.1. The number of rotatable bonds is 6. The third kappa shape index (κ3) is 3.81. The molecule has 30 heavy (non-hydrogen) atoms. The molecule has 3 N–H and O–H groups in total. The summed E-state index contributed by atoms with van der Waals surface area (Å²) in [5, 5.41) is 3.16. The van der Waals surface area contributed by atoms with Gasteiger partial charge >= 0.3 is 0 Å². The van der Waals surface area contributed by atoms with Gasteiger partial charge in [0.2, 0.25) is 0 Å². The summed E-state index contributed by atoms with van der Waals surface area (Å²) < 4.78 is 13.5. The summed E-state index contributed by atoms with van der Waals surface area (Å²) in [5.41, 5.74) is 8.16. The summed E-state index contributed by atoms with van der Waals surface area (Å²) in [6.45, 7) is 3.54. The van der Waals surface area contributed by atoms with Crippen LogP contribution in [0, 0.1) is 5.82 Å². The fourth-order valence-corrected chi connectivity index (χ4v) is 4.96. The Hall–Kier alpha value is -2.81. The van der Waals surface area contributed by atoms with Gasteiger partial charge in [-0.05, 0) is 24.6 Å². The minimum Gasteiger partial charge on any atom is -0.396 e. The van der Waals surface area contributed by atoms with E-state index in [0.717, 1.165) is 36.6 Å². The average Bonchev–Trinajstić information content (AvgIpc) is 3.09. The Kier molecular flexibility index (Phi) is 5.80. The van der Waals surface area contributed by atoms with Crippen molar-refractivity contribution in [3.63, 3.8) is 0 Å². The Morgan fingerprint density at radius 2 is 2.17 bits per heavy atom. The summed E-state index contributed by atoms with van der Waals surface area (Å²) in [7, 11) is 1.98. The maximum atomic E-state index is 13.5. The molecule has 2 aliphatic heterocycles. The normalized spacial score (nSPS) is 18.8. The first kappa shape index (κ1) is 20.5. The molecule has 9 heteroatoms. The van der Waals surface area contributed by atoms with E-state index in [9.17, 15) is 9.18 Å². The second-order valence-corrected chi connectivity index (χ2v) is 8.47. The number of carbonyl (C=O) groups excluding carboxylic acids is 1. The third-order valence-corrected chi connectivity index (χ3v) is 6.76.